The van der Waals surface area contributed by atoms with E-state index in [0.29, 0.717) is 12.1 Å². The number of aryl methyl sites for hydroxylation is 1. The number of nitrogens with zero attached hydrogens (tertiary/aromatic N) is 2. The van der Waals surface area contributed by atoms with Crippen LogP contribution in [0.25, 0.3) is 16.7 Å². The normalized spacial score (nSPS) is 11.3. The summed E-state index contributed by atoms with van der Waals surface area (Å²) in [6, 6.07) is 16.0. The first kappa shape index (κ1) is 22.0. The third kappa shape index (κ3) is 4.55. The topological polar surface area (TPSA) is 58.9 Å². The zero-order valence-corrected chi connectivity index (χ0v) is 16.7. The average Bonchev–Trinajstić information content (AvgIpc) is 2.94. The van der Waals surface area contributed by atoms with Crippen molar-refractivity contribution in [1.29, 1.82) is 0 Å². The van der Waals surface area contributed by atoms with Crippen molar-refractivity contribution in [3.63, 3.8) is 0 Å². The Hall–Kier alpha value is -2.08. The molecule has 2 N–H and O–H groups in total. The van der Waals surface area contributed by atoms with Crippen molar-refractivity contribution in [1.82, 2.24) is 20.2 Å². The molecule has 5 nitrogen and oxygen atoms in total. The van der Waals surface area contributed by atoms with Gasteiger partial charge in [0.05, 0.1) is 11.0 Å². The number of nitrogens with one attached hydrogen (secondary N) is 2. The van der Waals surface area contributed by atoms with Crippen LogP contribution in [0.2, 0.25) is 0 Å². The number of carbonyl (C=O) groups is 1. The molecule has 0 aliphatic carbocycles. The molecule has 1 atom stereocenters. The lowest BCUT2D eigenvalue weighted by atomic mass is 10.1. The lowest BCUT2D eigenvalue weighted by molar-refractivity contribution is 0.0950. The number of hydrogen-bond acceptors (Lipinski definition) is 3. The van der Waals surface area contributed by atoms with Crippen LogP contribution in [0.3, 0.4) is 0 Å². The zero-order chi connectivity index (χ0) is 17.1. The largest absolute Gasteiger partial charge is 0.350 e. The van der Waals surface area contributed by atoms with Gasteiger partial charge in [0, 0.05) is 23.8 Å². The first-order valence-corrected chi connectivity index (χ1v) is 8.10. The van der Waals surface area contributed by atoms with Gasteiger partial charge in [0.15, 0.2) is 0 Å². The molecule has 0 aliphatic heterocycles. The Morgan fingerprint density at radius 2 is 1.85 bits per heavy atom. The van der Waals surface area contributed by atoms with Gasteiger partial charge < -0.3 is 10.6 Å². The van der Waals surface area contributed by atoms with Crippen molar-refractivity contribution in [2.45, 2.75) is 19.9 Å². The number of benzene rings is 2. The molecular formula is C19H24Cl2N4O. The van der Waals surface area contributed by atoms with Crippen molar-refractivity contribution >= 4 is 41.8 Å². The van der Waals surface area contributed by atoms with Crippen molar-refractivity contribution in [3.05, 3.63) is 59.9 Å². The van der Waals surface area contributed by atoms with Crippen LogP contribution in [0, 0.1) is 6.92 Å². The van der Waals surface area contributed by atoms with E-state index in [2.05, 4.69) is 20.2 Å². The number of rotatable bonds is 5. The molecule has 0 saturated heterocycles. The molecule has 1 amide bonds. The van der Waals surface area contributed by atoms with E-state index >= 15 is 0 Å². The van der Waals surface area contributed by atoms with Gasteiger partial charge in [0.25, 0.3) is 5.91 Å². The second-order valence-electron chi connectivity index (χ2n) is 5.93. The van der Waals surface area contributed by atoms with Gasteiger partial charge >= 0.3 is 0 Å². The highest BCUT2D eigenvalue weighted by Gasteiger charge is 2.13. The van der Waals surface area contributed by atoms with E-state index in [1.807, 2.05) is 69.4 Å². The smallest absolute Gasteiger partial charge is 0.251 e. The maximum atomic E-state index is 12.3. The standard InChI is InChI=1S/C19H22N4O.2ClH/c1-13(20-3)12-21-19(24)15-9-10-18-17(11-15)22-14(2)23(18)16-7-5-4-6-8-16;;/h4-11,13,20H,12H2,1-3H3,(H,21,24);2*1H. The Morgan fingerprint density at radius 1 is 1.15 bits per heavy atom. The predicted octanol–water partition coefficient (Wildman–Crippen LogP) is 3.52. The van der Waals surface area contributed by atoms with E-state index in [-0.39, 0.29) is 36.8 Å². The SMILES string of the molecule is CNC(C)CNC(=O)c1ccc2c(c1)nc(C)n2-c1ccccc1.Cl.Cl. The van der Waals surface area contributed by atoms with Crippen LogP contribution in [-0.4, -0.2) is 35.1 Å². The Balaban J connectivity index is 0.00000169. The highest BCUT2D eigenvalue weighted by molar-refractivity contribution is 5.97. The van der Waals surface area contributed by atoms with E-state index in [1.165, 1.54) is 0 Å². The van der Waals surface area contributed by atoms with E-state index in [4.69, 9.17) is 0 Å². The molecule has 3 aromatic rings. The lowest BCUT2D eigenvalue weighted by Crippen LogP contribution is -2.37. The highest BCUT2D eigenvalue weighted by Crippen LogP contribution is 2.22. The van der Waals surface area contributed by atoms with Crippen LogP contribution in [0.4, 0.5) is 0 Å². The number of fused-ring (bicyclic) bond motifs is 1. The molecule has 140 valence electrons. The summed E-state index contributed by atoms with van der Waals surface area (Å²) in [6.07, 6.45) is 0. The summed E-state index contributed by atoms with van der Waals surface area (Å²) in [6.45, 7) is 4.58. The van der Waals surface area contributed by atoms with E-state index in [0.717, 1.165) is 22.5 Å². The zero-order valence-electron chi connectivity index (χ0n) is 15.0. The van der Waals surface area contributed by atoms with Gasteiger partial charge in [-0.2, -0.15) is 0 Å². The molecule has 1 heterocycles. The fraction of sp³-hybridized carbons (Fsp3) is 0.263. The predicted molar refractivity (Wildman–Crippen MR) is 111 cm³/mol. The van der Waals surface area contributed by atoms with E-state index < -0.39 is 0 Å². The van der Waals surface area contributed by atoms with Crippen molar-refractivity contribution in [2.75, 3.05) is 13.6 Å². The maximum Gasteiger partial charge on any atom is 0.251 e. The highest BCUT2D eigenvalue weighted by atomic mass is 35.5. The Labute approximate surface area is 166 Å². The van der Waals surface area contributed by atoms with Crippen molar-refractivity contribution in [2.24, 2.45) is 0 Å². The number of para-hydroxylation sites is 1. The lowest BCUT2D eigenvalue weighted by Gasteiger charge is -2.11. The molecule has 0 spiro atoms. The Morgan fingerprint density at radius 3 is 2.50 bits per heavy atom. The van der Waals surface area contributed by atoms with Crippen molar-refractivity contribution < 1.29 is 4.79 Å². The Kier molecular flexibility index (Phi) is 8.08. The molecule has 1 aromatic heterocycles. The minimum atomic E-state index is -0.0779. The van der Waals surface area contributed by atoms with Gasteiger partial charge in [0.1, 0.15) is 5.82 Å². The van der Waals surface area contributed by atoms with Gasteiger partial charge in [-0.3, -0.25) is 9.36 Å². The molecule has 0 bridgehead atoms. The summed E-state index contributed by atoms with van der Waals surface area (Å²) in [5.74, 6) is 0.823. The molecule has 7 heteroatoms. The fourth-order valence-corrected chi connectivity index (χ4v) is 2.69. The molecule has 3 rings (SSSR count). The molecule has 0 radical (unpaired) electrons. The van der Waals surface area contributed by atoms with Crippen molar-refractivity contribution in [3.8, 4) is 5.69 Å². The molecule has 26 heavy (non-hydrogen) atoms. The van der Waals surface area contributed by atoms with Crippen LogP contribution >= 0.6 is 24.8 Å². The molecular weight excluding hydrogens is 371 g/mol. The van der Waals surface area contributed by atoms with Gasteiger partial charge in [0.2, 0.25) is 0 Å². The molecule has 1 unspecified atom stereocenters. The van der Waals surface area contributed by atoms with Gasteiger partial charge in [-0.1, -0.05) is 18.2 Å². The Bertz CT molecular complexity index is 865. The number of amides is 1. The van der Waals surface area contributed by atoms with Crippen LogP contribution in [-0.2, 0) is 0 Å². The number of carbonyl (C=O) groups excluding carboxylic acids is 1. The first-order chi connectivity index (χ1) is 11.6. The number of likely N-dealkylation sites (N-methyl/N-ethyl adjacent to an activating group) is 1. The molecule has 0 aliphatic rings. The fourth-order valence-electron chi connectivity index (χ4n) is 2.69. The minimum Gasteiger partial charge on any atom is -0.350 e. The molecule has 0 saturated carbocycles. The summed E-state index contributed by atoms with van der Waals surface area (Å²) in [4.78, 5) is 16.9. The van der Waals surface area contributed by atoms with Gasteiger partial charge in [-0.15, -0.1) is 24.8 Å². The summed E-state index contributed by atoms with van der Waals surface area (Å²) in [5.41, 5.74) is 3.52. The maximum absolute atomic E-state index is 12.3. The first-order valence-electron chi connectivity index (χ1n) is 8.10. The quantitative estimate of drug-likeness (QED) is 0.695. The van der Waals surface area contributed by atoms with Gasteiger partial charge in [-0.25, -0.2) is 4.98 Å². The minimum absolute atomic E-state index is 0. The number of hydrogen-bond donors (Lipinski definition) is 2. The summed E-state index contributed by atoms with van der Waals surface area (Å²) < 4.78 is 2.10. The van der Waals surface area contributed by atoms with Crippen LogP contribution in [0.5, 0.6) is 0 Å². The number of imidazole rings is 1. The second kappa shape index (κ2) is 9.57. The number of halogens is 2. The van der Waals surface area contributed by atoms with Crippen LogP contribution < -0.4 is 10.6 Å². The van der Waals surface area contributed by atoms with E-state index in [1.54, 1.807) is 0 Å². The number of aromatic nitrogens is 2. The summed E-state index contributed by atoms with van der Waals surface area (Å²) >= 11 is 0. The van der Waals surface area contributed by atoms with E-state index in [9.17, 15) is 4.79 Å². The third-order valence-corrected chi connectivity index (χ3v) is 4.16. The average molecular weight is 395 g/mol. The van der Waals surface area contributed by atoms with Crippen LogP contribution in [0.1, 0.15) is 23.1 Å². The molecule has 0 fully saturated rings. The molecule has 2 aromatic carbocycles. The third-order valence-electron chi connectivity index (χ3n) is 4.16. The van der Waals surface area contributed by atoms with Crippen LogP contribution in [0.15, 0.2) is 48.5 Å². The second-order valence-corrected chi connectivity index (χ2v) is 5.93. The monoisotopic (exact) mass is 394 g/mol. The summed E-state index contributed by atoms with van der Waals surface area (Å²) in [7, 11) is 1.88. The van der Waals surface area contributed by atoms with Gasteiger partial charge in [-0.05, 0) is 51.2 Å². The summed E-state index contributed by atoms with van der Waals surface area (Å²) in [5, 5.41) is 6.03.